The fourth-order valence-corrected chi connectivity index (χ4v) is 2.08. The number of aliphatic hydroxyl groups is 1. The van der Waals surface area contributed by atoms with Gasteiger partial charge in [0.15, 0.2) is 0 Å². The number of ether oxygens (including phenoxy) is 1. The van der Waals surface area contributed by atoms with Gasteiger partial charge in [0.25, 0.3) is 0 Å². The predicted octanol–water partition coefficient (Wildman–Crippen LogP) is 3.81. The lowest BCUT2D eigenvalue weighted by Gasteiger charge is -2.15. The van der Waals surface area contributed by atoms with E-state index in [-0.39, 0.29) is 6.61 Å². The summed E-state index contributed by atoms with van der Waals surface area (Å²) in [4.78, 5) is 0. The van der Waals surface area contributed by atoms with Crippen molar-refractivity contribution in [2.45, 2.75) is 20.0 Å². The van der Waals surface area contributed by atoms with Crippen molar-refractivity contribution in [2.75, 3.05) is 18.5 Å². The zero-order valence-corrected chi connectivity index (χ0v) is 13.0. The first-order valence-corrected chi connectivity index (χ1v) is 7.30. The zero-order valence-electron chi connectivity index (χ0n) is 12.3. The van der Waals surface area contributed by atoms with Gasteiger partial charge in [-0.25, -0.2) is 0 Å². The van der Waals surface area contributed by atoms with Crippen LogP contribution in [-0.4, -0.2) is 24.4 Å². The minimum atomic E-state index is -0.592. The van der Waals surface area contributed by atoms with Crippen molar-refractivity contribution in [1.29, 1.82) is 0 Å². The highest BCUT2D eigenvalue weighted by atomic mass is 35.5. The topological polar surface area (TPSA) is 41.5 Å². The molecule has 0 radical (unpaired) electrons. The van der Waals surface area contributed by atoms with E-state index in [9.17, 15) is 5.11 Å². The van der Waals surface area contributed by atoms with Crippen LogP contribution < -0.4 is 10.1 Å². The van der Waals surface area contributed by atoms with Gasteiger partial charge in [-0.3, -0.25) is 0 Å². The summed E-state index contributed by atoms with van der Waals surface area (Å²) in [6, 6.07) is 13.3. The number of benzene rings is 2. The van der Waals surface area contributed by atoms with Gasteiger partial charge in [-0.2, -0.15) is 0 Å². The summed E-state index contributed by atoms with van der Waals surface area (Å²) in [6.07, 6.45) is -0.592. The Kier molecular flexibility index (Phi) is 5.48. The number of hydrogen-bond donors (Lipinski definition) is 2. The molecule has 0 aromatic heterocycles. The molecule has 2 rings (SSSR count). The molecule has 3 nitrogen and oxygen atoms in total. The molecule has 0 aliphatic carbocycles. The Balaban J connectivity index is 1.79. The summed E-state index contributed by atoms with van der Waals surface area (Å²) in [5.74, 6) is 0.660. The monoisotopic (exact) mass is 305 g/mol. The first-order valence-electron chi connectivity index (χ1n) is 6.92. The molecule has 2 aromatic carbocycles. The van der Waals surface area contributed by atoms with Gasteiger partial charge in [0, 0.05) is 17.3 Å². The zero-order chi connectivity index (χ0) is 15.2. The number of halogens is 1. The molecule has 0 fully saturated rings. The standard InChI is InChI=1S/C17H20ClNO2/c1-12-6-7-15(8-13(12)2)19-10-16(20)11-21-17-5-3-4-14(18)9-17/h3-9,16,19-20H,10-11H2,1-2H3. The lowest BCUT2D eigenvalue weighted by Crippen LogP contribution is -2.26. The van der Waals surface area contributed by atoms with E-state index in [1.165, 1.54) is 11.1 Å². The average Bonchev–Trinajstić information content (AvgIpc) is 2.46. The predicted molar refractivity (Wildman–Crippen MR) is 87.4 cm³/mol. The molecule has 0 aliphatic rings. The van der Waals surface area contributed by atoms with Crippen LogP contribution in [0.1, 0.15) is 11.1 Å². The molecule has 0 saturated heterocycles. The van der Waals surface area contributed by atoms with Gasteiger partial charge >= 0.3 is 0 Å². The summed E-state index contributed by atoms with van der Waals surface area (Å²) in [6.45, 7) is 4.80. The van der Waals surface area contributed by atoms with Crippen molar-refractivity contribution in [2.24, 2.45) is 0 Å². The fraction of sp³-hybridized carbons (Fsp3) is 0.294. The second-order valence-corrected chi connectivity index (χ2v) is 5.54. The Morgan fingerprint density at radius 3 is 2.67 bits per heavy atom. The van der Waals surface area contributed by atoms with Crippen LogP contribution in [0.5, 0.6) is 5.75 Å². The van der Waals surface area contributed by atoms with E-state index in [0.29, 0.717) is 17.3 Å². The summed E-state index contributed by atoms with van der Waals surface area (Å²) in [7, 11) is 0. The lowest BCUT2D eigenvalue weighted by atomic mass is 10.1. The molecule has 21 heavy (non-hydrogen) atoms. The number of aliphatic hydroxyl groups excluding tert-OH is 1. The third-order valence-corrected chi connectivity index (χ3v) is 3.52. The van der Waals surface area contributed by atoms with E-state index < -0.39 is 6.10 Å². The summed E-state index contributed by atoms with van der Waals surface area (Å²) >= 11 is 5.87. The molecule has 1 atom stereocenters. The molecule has 1 unspecified atom stereocenters. The maximum Gasteiger partial charge on any atom is 0.120 e. The molecule has 0 saturated carbocycles. The Labute approximate surface area is 130 Å². The minimum absolute atomic E-state index is 0.220. The molecule has 0 heterocycles. The maximum absolute atomic E-state index is 9.94. The largest absolute Gasteiger partial charge is 0.491 e. The van der Waals surface area contributed by atoms with Crippen LogP contribution in [0.2, 0.25) is 5.02 Å². The van der Waals surface area contributed by atoms with E-state index in [4.69, 9.17) is 16.3 Å². The van der Waals surface area contributed by atoms with Crippen LogP contribution in [0.15, 0.2) is 42.5 Å². The SMILES string of the molecule is Cc1ccc(NCC(O)COc2cccc(Cl)c2)cc1C. The molecule has 2 N–H and O–H groups in total. The summed E-state index contributed by atoms with van der Waals surface area (Å²) < 4.78 is 5.51. The van der Waals surface area contributed by atoms with Crippen LogP contribution in [0.3, 0.4) is 0 Å². The molecule has 0 spiro atoms. The van der Waals surface area contributed by atoms with Crippen LogP contribution in [0.4, 0.5) is 5.69 Å². The Hall–Kier alpha value is -1.71. The first kappa shape index (κ1) is 15.7. The molecule has 0 aliphatic heterocycles. The molecule has 112 valence electrons. The number of anilines is 1. The maximum atomic E-state index is 9.94. The van der Waals surface area contributed by atoms with E-state index >= 15 is 0 Å². The molecule has 0 amide bonds. The third-order valence-electron chi connectivity index (χ3n) is 3.29. The Morgan fingerprint density at radius 2 is 1.95 bits per heavy atom. The van der Waals surface area contributed by atoms with E-state index in [1.807, 2.05) is 18.2 Å². The average molecular weight is 306 g/mol. The number of rotatable bonds is 6. The highest BCUT2D eigenvalue weighted by Gasteiger charge is 2.06. The summed E-state index contributed by atoms with van der Waals surface area (Å²) in [5.41, 5.74) is 3.48. The van der Waals surface area contributed by atoms with Crippen molar-refractivity contribution in [3.8, 4) is 5.75 Å². The normalized spacial score (nSPS) is 12.0. The van der Waals surface area contributed by atoms with Gasteiger partial charge in [-0.15, -0.1) is 0 Å². The molecule has 4 heteroatoms. The van der Waals surface area contributed by atoms with E-state index in [2.05, 4.69) is 31.3 Å². The highest BCUT2D eigenvalue weighted by Crippen LogP contribution is 2.17. The van der Waals surface area contributed by atoms with Gasteiger partial charge in [0.05, 0.1) is 0 Å². The van der Waals surface area contributed by atoms with Crippen LogP contribution in [0.25, 0.3) is 0 Å². The second-order valence-electron chi connectivity index (χ2n) is 5.10. The van der Waals surface area contributed by atoms with E-state index in [1.54, 1.807) is 12.1 Å². The highest BCUT2D eigenvalue weighted by molar-refractivity contribution is 6.30. The number of hydrogen-bond acceptors (Lipinski definition) is 3. The van der Waals surface area contributed by atoms with Crippen molar-refractivity contribution in [1.82, 2.24) is 0 Å². The van der Waals surface area contributed by atoms with Gasteiger partial charge in [-0.1, -0.05) is 23.7 Å². The number of aryl methyl sites for hydroxylation is 2. The van der Waals surface area contributed by atoms with Crippen molar-refractivity contribution in [3.63, 3.8) is 0 Å². The van der Waals surface area contributed by atoms with Gasteiger partial charge in [0.1, 0.15) is 18.5 Å². The Morgan fingerprint density at radius 1 is 1.14 bits per heavy atom. The third kappa shape index (κ3) is 4.96. The molecule has 0 bridgehead atoms. The second kappa shape index (κ2) is 7.34. The van der Waals surface area contributed by atoms with Gasteiger partial charge in [0.2, 0.25) is 0 Å². The van der Waals surface area contributed by atoms with Crippen LogP contribution >= 0.6 is 11.6 Å². The first-order chi connectivity index (χ1) is 10.0. The van der Waals surface area contributed by atoms with Crippen molar-refractivity contribution >= 4 is 17.3 Å². The smallest absolute Gasteiger partial charge is 0.120 e. The Bertz CT molecular complexity index is 601. The van der Waals surface area contributed by atoms with Crippen LogP contribution in [-0.2, 0) is 0 Å². The quantitative estimate of drug-likeness (QED) is 0.853. The summed E-state index contributed by atoms with van der Waals surface area (Å²) in [5, 5.41) is 13.8. The lowest BCUT2D eigenvalue weighted by molar-refractivity contribution is 0.117. The van der Waals surface area contributed by atoms with Gasteiger partial charge < -0.3 is 15.2 Å². The fourth-order valence-electron chi connectivity index (χ4n) is 1.90. The van der Waals surface area contributed by atoms with Crippen molar-refractivity contribution in [3.05, 3.63) is 58.6 Å². The van der Waals surface area contributed by atoms with E-state index in [0.717, 1.165) is 5.69 Å². The number of nitrogens with one attached hydrogen (secondary N) is 1. The molecular formula is C17H20ClNO2. The molecule has 2 aromatic rings. The minimum Gasteiger partial charge on any atom is -0.491 e. The van der Waals surface area contributed by atoms with Crippen molar-refractivity contribution < 1.29 is 9.84 Å². The molecular weight excluding hydrogens is 286 g/mol. The van der Waals surface area contributed by atoms with Crippen LogP contribution in [0, 0.1) is 13.8 Å². The van der Waals surface area contributed by atoms with Gasteiger partial charge in [-0.05, 0) is 55.3 Å².